The van der Waals surface area contributed by atoms with E-state index in [2.05, 4.69) is 32.9 Å². The lowest BCUT2D eigenvalue weighted by atomic mass is 10.0. The topological polar surface area (TPSA) is 78.9 Å². The van der Waals surface area contributed by atoms with Crippen LogP contribution in [0.5, 0.6) is 0 Å². The van der Waals surface area contributed by atoms with Gasteiger partial charge in [0.15, 0.2) is 6.10 Å². The van der Waals surface area contributed by atoms with E-state index < -0.39 is 6.10 Å². The summed E-state index contributed by atoms with van der Waals surface area (Å²) in [5, 5.41) is 0. The molecule has 0 amide bonds. The quantitative estimate of drug-likeness (QED) is 0.0261. The first-order chi connectivity index (χ1) is 37.0. The molecule has 0 rings (SSSR count). The van der Waals surface area contributed by atoms with Crippen LogP contribution in [-0.2, 0) is 28.6 Å². The molecule has 0 aliphatic rings. The van der Waals surface area contributed by atoms with Gasteiger partial charge >= 0.3 is 17.9 Å². The van der Waals surface area contributed by atoms with E-state index >= 15 is 0 Å². The van der Waals surface area contributed by atoms with E-state index in [0.29, 0.717) is 19.3 Å². The Morgan fingerprint density at radius 3 is 0.707 bits per heavy atom. The van der Waals surface area contributed by atoms with Gasteiger partial charge in [0.05, 0.1) is 0 Å². The van der Waals surface area contributed by atoms with Crippen LogP contribution in [0.2, 0.25) is 0 Å². The highest BCUT2D eigenvalue weighted by Gasteiger charge is 2.19. The summed E-state index contributed by atoms with van der Waals surface area (Å²) in [6.07, 6.45) is 76.7. The molecule has 6 nitrogen and oxygen atoms in total. The summed E-state index contributed by atoms with van der Waals surface area (Å²) in [7, 11) is 0. The van der Waals surface area contributed by atoms with Crippen LogP contribution >= 0.6 is 0 Å². The smallest absolute Gasteiger partial charge is 0.306 e. The maximum atomic E-state index is 12.9. The Bertz CT molecular complexity index is 1170. The average molecular weight is 1060 g/mol. The molecule has 0 aromatic heterocycles. The number of rotatable bonds is 64. The van der Waals surface area contributed by atoms with Gasteiger partial charge in [0.25, 0.3) is 0 Å². The van der Waals surface area contributed by atoms with Crippen LogP contribution < -0.4 is 0 Å². The first-order valence-electron chi connectivity index (χ1n) is 34.2. The molecule has 0 spiro atoms. The van der Waals surface area contributed by atoms with Gasteiger partial charge in [-0.05, 0) is 38.5 Å². The third-order valence-corrected chi connectivity index (χ3v) is 15.8. The number of allylic oxidation sites excluding steroid dienone is 2. The highest BCUT2D eigenvalue weighted by molar-refractivity contribution is 5.71. The lowest BCUT2D eigenvalue weighted by Crippen LogP contribution is -2.30. The Morgan fingerprint density at radius 1 is 0.253 bits per heavy atom. The van der Waals surface area contributed by atoms with Crippen LogP contribution in [0.15, 0.2) is 12.2 Å². The molecule has 0 radical (unpaired) electrons. The summed E-state index contributed by atoms with van der Waals surface area (Å²) >= 11 is 0. The standard InChI is InChI=1S/C69H132O6/c1-4-7-10-13-16-19-22-24-26-28-30-32-34-35-37-38-40-42-44-47-50-53-56-59-62-68(71)74-65-66(64-73-67(70)61-58-55-52-49-46-21-18-15-12-9-6-3)75-69(72)63-60-57-54-51-48-45-43-41-39-36-33-31-29-27-25-23-20-17-14-11-8-5-2/h15,18,66H,4-14,16-17,19-65H2,1-3H3/b18-15-. The summed E-state index contributed by atoms with van der Waals surface area (Å²) in [4.78, 5) is 38.3. The Kier molecular flexibility index (Phi) is 63.1. The van der Waals surface area contributed by atoms with Crippen molar-refractivity contribution in [3.05, 3.63) is 12.2 Å². The third kappa shape index (κ3) is 62.9. The second-order valence-electron chi connectivity index (χ2n) is 23.5. The number of carbonyl (C=O) groups excluding carboxylic acids is 3. The lowest BCUT2D eigenvalue weighted by Gasteiger charge is -2.18. The van der Waals surface area contributed by atoms with Crippen LogP contribution in [0.4, 0.5) is 0 Å². The van der Waals surface area contributed by atoms with E-state index in [-0.39, 0.29) is 31.1 Å². The monoisotopic (exact) mass is 1060 g/mol. The van der Waals surface area contributed by atoms with Crippen molar-refractivity contribution in [3.8, 4) is 0 Å². The number of carbonyl (C=O) groups is 3. The molecule has 444 valence electrons. The van der Waals surface area contributed by atoms with Crippen LogP contribution in [0, 0.1) is 0 Å². The number of hydrogen-bond donors (Lipinski definition) is 0. The SMILES string of the molecule is CCCC/C=C\CCCCCCCC(=O)OCC(COC(=O)CCCCCCCCCCCCCCCCCCCCCCCCCC)OC(=O)CCCCCCCCCCCCCCCCCCCCCCCC. The molecule has 0 aliphatic heterocycles. The van der Waals surface area contributed by atoms with Crippen molar-refractivity contribution >= 4 is 17.9 Å². The van der Waals surface area contributed by atoms with Crippen LogP contribution in [0.3, 0.4) is 0 Å². The molecule has 0 saturated heterocycles. The number of ether oxygens (including phenoxy) is 3. The molecule has 0 aromatic rings. The Labute approximate surface area is 469 Å². The molecule has 6 heteroatoms. The Hall–Kier alpha value is -1.85. The van der Waals surface area contributed by atoms with E-state index in [1.807, 2.05) is 0 Å². The minimum Gasteiger partial charge on any atom is -0.462 e. The fourth-order valence-corrected chi connectivity index (χ4v) is 10.6. The Balaban J connectivity index is 4.17. The van der Waals surface area contributed by atoms with Crippen molar-refractivity contribution < 1.29 is 28.6 Å². The fraction of sp³-hybridized carbons (Fsp3) is 0.928. The zero-order valence-electron chi connectivity index (χ0n) is 51.1. The van der Waals surface area contributed by atoms with E-state index in [1.165, 1.54) is 289 Å². The molecular weight excluding hydrogens is 925 g/mol. The maximum absolute atomic E-state index is 12.9. The summed E-state index contributed by atoms with van der Waals surface area (Å²) in [5.74, 6) is -0.844. The maximum Gasteiger partial charge on any atom is 0.306 e. The molecule has 75 heavy (non-hydrogen) atoms. The van der Waals surface area contributed by atoms with Crippen molar-refractivity contribution in [2.24, 2.45) is 0 Å². The van der Waals surface area contributed by atoms with E-state index in [1.54, 1.807) is 0 Å². The number of hydrogen-bond acceptors (Lipinski definition) is 6. The summed E-state index contributed by atoms with van der Waals surface area (Å²) in [5.41, 5.74) is 0. The highest BCUT2D eigenvalue weighted by atomic mass is 16.6. The van der Waals surface area contributed by atoms with Crippen molar-refractivity contribution in [1.29, 1.82) is 0 Å². The van der Waals surface area contributed by atoms with Crippen LogP contribution in [0.1, 0.15) is 393 Å². The fourth-order valence-electron chi connectivity index (χ4n) is 10.6. The first-order valence-corrected chi connectivity index (χ1v) is 34.2. The van der Waals surface area contributed by atoms with E-state index in [0.717, 1.165) is 64.2 Å². The molecule has 0 saturated carbocycles. The molecule has 0 N–H and O–H groups in total. The van der Waals surface area contributed by atoms with Crippen molar-refractivity contribution in [3.63, 3.8) is 0 Å². The van der Waals surface area contributed by atoms with Crippen LogP contribution in [0.25, 0.3) is 0 Å². The van der Waals surface area contributed by atoms with Gasteiger partial charge in [-0.3, -0.25) is 14.4 Å². The predicted octanol–water partition coefficient (Wildman–Crippen LogP) is 23.2. The molecule has 0 aliphatic carbocycles. The minimum atomic E-state index is -0.769. The van der Waals surface area contributed by atoms with Gasteiger partial charge in [-0.1, -0.05) is 348 Å². The number of esters is 3. The number of unbranched alkanes of at least 4 members (excludes halogenated alkanes) is 51. The second kappa shape index (κ2) is 64.7. The Morgan fingerprint density at radius 2 is 0.453 bits per heavy atom. The summed E-state index contributed by atoms with van der Waals surface area (Å²) in [6.45, 7) is 6.68. The molecular formula is C69H132O6. The first kappa shape index (κ1) is 73.2. The molecule has 0 heterocycles. The summed E-state index contributed by atoms with van der Waals surface area (Å²) in [6, 6.07) is 0. The normalized spacial score (nSPS) is 12.0. The highest BCUT2D eigenvalue weighted by Crippen LogP contribution is 2.19. The van der Waals surface area contributed by atoms with Gasteiger partial charge in [0, 0.05) is 19.3 Å². The minimum absolute atomic E-state index is 0.0660. The van der Waals surface area contributed by atoms with Gasteiger partial charge in [0.2, 0.25) is 0 Å². The van der Waals surface area contributed by atoms with Crippen molar-refractivity contribution in [2.75, 3.05) is 13.2 Å². The van der Waals surface area contributed by atoms with Gasteiger partial charge < -0.3 is 14.2 Å². The molecule has 0 aromatic carbocycles. The predicted molar refractivity (Wildman–Crippen MR) is 326 cm³/mol. The molecule has 0 bridgehead atoms. The van der Waals surface area contributed by atoms with Crippen LogP contribution in [-0.4, -0.2) is 37.2 Å². The molecule has 0 fully saturated rings. The molecule has 1 atom stereocenters. The lowest BCUT2D eigenvalue weighted by molar-refractivity contribution is -0.167. The van der Waals surface area contributed by atoms with E-state index in [4.69, 9.17) is 14.2 Å². The van der Waals surface area contributed by atoms with Gasteiger partial charge in [-0.15, -0.1) is 0 Å². The largest absolute Gasteiger partial charge is 0.462 e. The zero-order valence-corrected chi connectivity index (χ0v) is 51.1. The zero-order chi connectivity index (χ0) is 54.3. The third-order valence-electron chi connectivity index (χ3n) is 15.8. The summed E-state index contributed by atoms with van der Waals surface area (Å²) < 4.78 is 16.9. The van der Waals surface area contributed by atoms with Gasteiger partial charge in [-0.25, -0.2) is 0 Å². The average Bonchev–Trinajstić information content (AvgIpc) is 3.41. The van der Waals surface area contributed by atoms with E-state index in [9.17, 15) is 14.4 Å². The van der Waals surface area contributed by atoms with Crippen molar-refractivity contribution in [1.82, 2.24) is 0 Å². The van der Waals surface area contributed by atoms with Crippen molar-refractivity contribution in [2.45, 2.75) is 399 Å². The van der Waals surface area contributed by atoms with Gasteiger partial charge in [0.1, 0.15) is 13.2 Å². The molecule has 1 unspecified atom stereocenters. The second-order valence-corrected chi connectivity index (χ2v) is 23.5. The van der Waals surface area contributed by atoms with Gasteiger partial charge in [-0.2, -0.15) is 0 Å².